The first-order valence-corrected chi connectivity index (χ1v) is 8.91. The number of aromatic nitrogens is 3. The van der Waals surface area contributed by atoms with Crippen molar-refractivity contribution in [3.05, 3.63) is 57.5 Å². The van der Waals surface area contributed by atoms with E-state index >= 15 is 0 Å². The van der Waals surface area contributed by atoms with Gasteiger partial charge in [0.05, 0.1) is 31.2 Å². The molecule has 148 valence electrons. The fraction of sp³-hybridized carbons (Fsp3) is 0.250. The molecule has 29 heavy (non-hydrogen) atoms. The third-order valence-corrected chi connectivity index (χ3v) is 5.10. The molecular formula is C20H17N3O6. The van der Waals surface area contributed by atoms with E-state index in [2.05, 4.69) is 14.8 Å². The van der Waals surface area contributed by atoms with Crippen molar-refractivity contribution in [1.29, 1.82) is 0 Å². The van der Waals surface area contributed by atoms with Crippen molar-refractivity contribution in [3.8, 4) is 5.69 Å². The molecule has 1 aliphatic rings. The molecule has 1 atom stereocenters. The Morgan fingerprint density at radius 3 is 2.52 bits per heavy atom. The molecule has 1 aliphatic carbocycles. The number of Topliss-reactive ketones (excluding diaryl/α,β-unsaturated/α-hetero) is 1. The van der Waals surface area contributed by atoms with Crippen molar-refractivity contribution in [2.24, 2.45) is 0 Å². The number of esters is 2. The van der Waals surface area contributed by atoms with Gasteiger partial charge in [-0.25, -0.2) is 19.3 Å². The molecule has 0 bridgehead atoms. The maximum Gasteiger partial charge on any atom is 0.374 e. The Morgan fingerprint density at radius 1 is 1.14 bits per heavy atom. The Hall–Kier alpha value is -3.75. The second-order valence-electron chi connectivity index (χ2n) is 6.60. The lowest BCUT2D eigenvalue weighted by atomic mass is 9.94. The van der Waals surface area contributed by atoms with Crippen LogP contribution >= 0.6 is 0 Å². The van der Waals surface area contributed by atoms with Crippen LogP contribution in [0, 0.1) is 0 Å². The summed E-state index contributed by atoms with van der Waals surface area (Å²) in [4.78, 5) is 54.2. The van der Waals surface area contributed by atoms with Gasteiger partial charge in [0.25, 0.3) is 5.56 Å². The SMILES string of the molecule is COC(=O)C(=O)C1CCc2c(C(=O)OC)nc3[nH]n(-c4ccccc4)c(=O)c3c21. The third kappa shape index (κ3) is 2.82. The van der Waals surface area contributed by atoms with Crippen LogP contribution < -0.4 is 5.56 Å². The summed E-state index contributed by atoms with van der Waals surface area (Å²) in [6.07, 6.45) is 0.579. The number of ether oxygens (including phenoxy) is 2. The first-order chi connectivity index (χ1) is 14.0. The lowest BCUT2D eigenvalue weighted by Crippen LogP contribution is -2.23. The molecule has 0 aliphatic heterocycles. The third-order valence-electron chi connectivity index (χ3n) is 5.10. The van der Waals surface area contributed by atoms with Crippen LogP contribution in [0.5, 0.6) is 0 Å². The highest BCUT2D eigenvalue weighted by atomic mass is 16.5. The molecule has 2 aromatic heterocycles. The van der Waals surface area contributed by atoms with Crippen molar-refractivity contribution in [2.75, 3.05) is 14.2 Å². The zero-order chi connectivity index (χ0) is 20.7. The first-order valence-electron chi connectivity index (χ1n) is 8.91. The van der Waals surface area contributed by atoms with Crippen molar-refractivity contribution in [1.82, 2.24) is 14.8 Å². The molecule has 0 saturated heterocycles. The number of aromatic amines is 1. The first kappa shape index (κ1) is 18.6. The summed E-state index contributed by atoms with van der Waals surface area (Å²) in [5.74, 6) is -3.32. The standard InChI is InChI=1S/C20H17N3O6/c1-28-19(26)15-11-8-9-12(16(24)20(27)29-2)13(11)14-17(21-15)22-23(18(14)25)10-6-4-3-5-7-10/h3-7,12H,8-9H2,1-2H3,(H,21,22). The molecule has 0 amide bonds. The van der Waals surface area contributed by atoms with Gasteiger partial charge < -0.3 is 9.47 Å². The molecule has 4 rings (SSSR count). The number of H-pyrrole nitrogens is 1. The van der Waals surface area contributed by atoms with Crippen LogP contribution in [0.2, 0.25) is 0 Å². The second-order valence-corrected chi connectivity index (χ2v) is 6.60. The molecule has 9 heteroatoms. The largest absolute Gasteiger partial charge is 0.464 e. The summed E-state index contributed by atoms with van der Waals surface area (Å²) in [5, 5.41) is 3.07. The molecule has 9 nitrogen and oxygen atoms in total. The highest BCUT2D eigenvalue weighted by Gasteiger charge is 2.39. The monoisotopic (exact) mass is 395 g/mol. The van der Waals surface area contributed by atoms with Crippen LogP contribution in [-0.2, 0) is 25.5 Å². The quantitative estimate of drug-likeness (QED) is 0.522. The van der Waals surface area contributed by atoms with Crippen molar-refractivity contribution in [2.45, 2.75) is 18.8 Å². The summed E-state index contributed by atoms with van der Waals surface area (Å²) < 4.78 is 10.7. The van der Waals surface area contributed by atoms with Crippen LogP contribution in [0.3, 0.4) is 0 Å². The number of para-hydroxylation sites is 1. The summed E-state index contributed by atoms with van der Waals surface area (Å²) in [5.41, 5.74) is 1.09. The summed E-state index contributed by atoms with van der Waals surface area (Å²) in [7, 11) is 2.35. The van der Waals surface area contributed by atoms with Gasteiger partial charge in [-0.3, -0.25) is 14.7 Å². The topological polar surface area (TPSA) is 120 Å². The van der Waals surface area contributed by atoms with Crippen LogP contribution in [0.4, 0.5) is 0 Å². The number of fused-ring (bicyclic) bond motifs is 3. The summed E-state index contributed by atoms with van der Waals surface area (Å²) >= 11 is 0. The molecule has 1 unspecified atom stereocenters. The van der Waals surface area contributed by atoms with Crippen molar-refractivity contribution < 1.29 is 23.9 Å². The minimum atomic E-state index is -0.994. The number of benzene rings is 1. The number of ketones is 1. The molecule has 1 N–H and O–H groups in total. The molecule has 1 aromatic carbocycles. The average molecular weight is 395 g/mol. The Kier molecular flexibility index (Phi) is 4.50. The number of rotatable bonds is 4. The van der Waals surface area contributed by atoms with E-state index in [0.29, 0.717) is 23.2 Å². The molecule has 2 heterocycles. The van der Waals surface area contributed by atoms with Gasteiger partial charge in [-0.15, -0.1) is 0 Å². The van der Waals surface area contributed by atoms with Gasteiger partial charge in [0, 0.05) is 0 Å². The molecule has 0 saturated carbocycles. The number of nitrogens with one attached hydrogen (secondary N) is 1. The van der Waals surface area contributed by atoms with Crippen molar-refractivity contribution in [3.63, 3.8) is 0 Å². The summed E-state index contributed by atoms with van der Waals surface area (Å²) in [6.45, 7) is 0. The Bertz CT molecular complexity index is 1210. The lowest BCUT2D eigenvalue weighted by Gasteiger charge is -2.11. The highest BCUT2D eigenvalue weighted by Crippen LogP contribution is 2.39. The van der Waals surface area contributed by atoms with E-state index in [4.69, 9.17) is 4.74 Å². The Morgan fingerprint density at radius 2 is 1.86 bits per heavy atom. The number of carbonyl (C=O) groups excluding carboxylic acids is 3. The number of methoxy groups -OCH3 is 2. The fourth-order valence-electron chi connectivity index (χ4n) is 3.81. The molecule has 0 radical (unpaired) electrons. The van der Waals surface area contributed by atoms with E-state index in [1.54, 1.807) is 24.3 Å². The molecular weight excluding hydrogens is 378 g/mol. The molecule has 0 fully saturated rings. The second kappa shape index (κ2) is 7.01. The maximum atomic E-state index is 13.2. The maximum absolute atomic E-state index is 13.2. The zero-order valence-corrected chi connectivity index (χ0v) is 15.7. The van der Waals surface area contributed by atoms with E-state index in [-0.39, 0.29) is 23.1 Å². The van der Waals surface area contributed by atoms with Crippen LogP contribution in [0.1, 0.15) is 34.0 Å². The van der Waals surface area contributed by atoms with E-state index < -0.39 is 29.2 Å². The Balaban J connectivity index is 2.03. The number of hydrogen-bond acceptors (Lipinski definition) is 7. The number of nitrogens with zero attached hydrogens (tertiary/aromatic N) is 2. The lowest BCUT2D eigenvalue weighted by molar-refractivity contribution is -0.152. The molecule has 3 aromatic rings. The van der Waals surface area contributed by atoms with Gasteiger partial charge in [-0.1, -0.05) is 18.2 Å². The van der Waals surface area contributed by atoms with Crippen molar-refractivity contribution >= 4 is 28.8 Å². The van der Waals surface area contributed by atoms with Crippen LogP contribution in [0.15, 0.2) is 35.1 Å². The van der Waals surface area contributed by atoms with Gasteiger partial charge in [-0.05, 0) is 36.1 Å². The minimum absolute atomic E-state index is 0.0247. The van der Waals surface area contributed by atoms with E-state index in [1.165, 1.54) is 11.8 Å². The van der Waals surface area contributed by atoms with Gasteiger partial charge >= 0.3 is 11.9 Å². The van der Waals surface area contributed by atoms with Crippen LogP contribution in [0.25, 0.3) is 16.7 Å². The number of hydrogen-bond donors (Lipinski definition) is 1. The molecule has 0 spiro atoms. The van der Waals surface area contributed by atoms with E-state index in [0.717, 1.165) is 7.11 Å². The van der Waals surface area contributed by atoms with E-state index in [1.807, 2.05) is 6.07 Å². The fourth-order valence-corrected chi connectivity index (χ4v) is 3.81. The minimum Gasteiger partial charge on any atom is -0.464 e. The number of pyridine rings is 1. The average Bonchev–Trinajstić information content (AvgIpc) is 3.33. The smallest absolute Gasteiger partial charge is 0.374 e. The Labute approximate surface area is 164 Å². The normalized spacial score (nSPS) is 15.2. The highest BCUT2D eigenvalue weighted by molar-refractivity contribution is 6.36. The summed E-state index contributed by atoms with van der Waals surface area (Å²) in [6, 6.07) is 8.82. The van der Waals surface area contributed by atoms with Gasteiger partial charge in [0.1, 0.15) is 0 Å². The zero-order valence-electron chi connectivity index (χ0n) is 15.7. The van der Waals surface area contributed by atoms with Crippen LogP contribution in [-0.4, -0.2) is 46.7 Å². The predicted molar refractivity (Wildman–Crippen MR) is 101 cm³/mol. The number of carbonyl (C=O) groups is 3. The van der Waals surface area contributed by atoms with Gasteiger partial charge in [0.15, 0.2) is 11.3 Å². The van der Waals surface area contributed by atoms with Gasteiger partial charge in [0.2, 0.25) is 5.78 Å². The van der Waals surface area contributed by atoms with E-state index in [9.17, 15) is 19.2 Å². The van der Waals surface area contributed by atoms with Gasteiger partial charge in [-0.2, -0.15) is 0 Å². The predicted octanol–water partition coefficient (Wildman–Crippen LogP) is 1.27.